The van der Waals surface area contributed by atoms with Gasteiger partial charge in [0.05, 0.1) is 0 Å². The summed E-state index contributed by atoms with van der Waals surface area (Å²) >= 11 is 0. The molecule has 1 rings (SSSR count). The molecule has 120 valence electrons. The lowest BCUT2D eigenvalue weighted by Crippen LogP contribution is -2.36. The van der Waals surface area contributed by atoms with Crippen LogP contribution in [0.2, 0.25) is 0 Å². The highest BCUT2D eigenvalue weighted by molar-refractivity contribution is 5.34. The molecule has 0 fully saturated rings. The van der Waals surface area contributed by atoms with Gasteiger partial charge in [0.2, 0.25) is 0 Å². The van der Waals surface area contributed by atoms with Crippen LogP contribution in [0.25, 0.3) is 0 Å². The predicted molar refractivity (Wildman–Crippen MR) is 94.1 cm³/mol. The van der Waals surface area contributed by atoms with Crippen molar-refractivity contribution in [1.29, 1.82) is 0 Å². The summed E-state index contributed by atoms with van der Waals surface area (Å²) in [7, 11) is 0. The van der Waals surface area contributed by atoms with Crippen LogP contribution >= 0.6 is 0 Å². The van der Waals surface area contributed by atoms with Gasteiger partial charge in [0.15, 0.2) is 0 Å². The topological polar surface area (TPSA) is 15.3 Å². The summed E-state index contributed by atoms with van der Waals surface area (Å²) in [5, 5.41) is 3.75. The molecule has 2 heteroatoms. The number of nitrogens with one attached hydrogen (secondary N) is 1. The minimum absolute atomic E-state index is 0.588. The molecule has 0 aliphatic carbocycles. The Bertz CT molecular complexity index is 376. The molecular weight excluding hydrogens is 256 g/mol. The van der Waals surface area contributed by atoms with Crippen molar-refractivity contribution in [3.8, 4) is 0 Å². The number of aryl methyl sites for hydroxylation is 2. The quantitative estimate of drug-likeness (QED) is 0.702. The van der Waals surface area contributed by atoms with E-state index >= 15 is 0 Å². The lowest BCUT2D eigenvalue weighted by molar-refractivity contribution is 0.280. The van der Waals surface area contributed by atoms with Crippen LogP contribution < -0.4 is 5.32 Å². The molecule has 2 nitrogen and oxygen atoms in total. The number of hydrogen-bond donors (Lipinski definition) is 1. The van der Waals surface area contributed by atoms with Gasteiger partial charge in [0.25, 0.3) is 0 Å². The van der Waals surface area contributed by atoms with E-state index in [0.717, 1.165) is 26.1 Å². The average Bonchev–Trinajstić information content (AvgIpc) is 2.48. The minimum atomic E-state index is 0.588. The van der Waals surface area contributed by atoms with E-state index in [2.05, 4.69) is 63.0 Å². The molecule has 0 amide bonds. The van der Waals surface area contributed by atoms with E-state index in [9.17, 15) is 0 Å². The molecule has 0 aliphatic heterocycles. The number of nitrogens with zero attached hydrogens (tertiary/aromatic N) is 1. The molecule has 0 aromatic heterocycles. The third-order valence-electron chi connectivity index (χ3n) is 4.47. The van der Waals surface area contributed by atoms with Gasteiger partial charge in [-0.15, -0.1) is 0 Å². The van der Waals surface area contributed by atoms with Gasteiger partial charge in [0, 0.05) is 6.04 Å². The summed E-state index contributed by atoms with van der Waals surface area (Å²) in [6.45, 7) is 15.8. The Morgan fingerprint density at radius 2 is 1.67 bits per heavy atom. The zero-order chi connectivity index (χ0) is 15.7. The summed E-state index contributed by atoms with van der Waals surface area (Å²) in [5.74, 6) is 0. The van der Waals surface area contributed by atoms with E-state index in [1.165, 1.54) is 36.1 Å². The molecule has 1 aromatic carbocycles. The Balaban J connectivity index is 2.68. The summed E-state index contributed by atoms with van der Waals surface area (Å²) in [6, 6.07) is 7.23. The Labute approximate surface area is 131 Å². The Morgan fingerprint density at radius 1 is 1.05 bits per heavy atom. The third-order valence-corrected chi connectivity index (χ3v) is 4.47. The highest BCUT2D eigenvalue weighted by Crippen LogP contribution is 2.16. The normalized spacial score (nSPS) is 12.9. The van der Waals surface area contributed by atoms with Crippen molar-refractivity contribution in [2.75, 3.05) is 26.2 Å². The smallest absolute Gasteiger partial charge is 0.0120 e. The standard InChI is InChI=1S/C19H34N2/c1-6-13-20-18(12-14-21(7-2)8-3)15-19-16(4)10-9-11-17(19)5/h9-11,18,20H,6-8,12-15H2,1-5H3. The zero-order valence-electron chi connectivity index (χ0n) is 14.7. The first-order chi connectivity index (χ1) is 10.1. The van der Waals surface area contributed by atoms with Crippen LogP contribution in [-0.2, 0) is 6.42 Å². The van der Waals surface area contributed by atoms with Gasteiger partial charge < -0.3 is 10.2 Å². The Kier molecular flexibility index (Phi) is 8.63. The molecular formula is C19H34N2. The van der Waals surface area contributed by atoms with Crippen LogP contribution in [0.4, 0.5) is 0 Å². The monoisotopic (exact) mass is 290 g/mol. The van der Waals surface area contributed by atoms with E-state index in [4.69, 9.17) is 0 Å². The second-order valence-electron chi connectivity index (χ2n) is 6.04. The van der Waals surface area contributed by atoms with Crippen molar-refractivity contribution in [3.05, 3.63) is 34.9 Å². The highest BCUT2D eigenvalue weighted by atomic mass is 15.1. The van der Waals surface area contributed by atoms with Crippen molar-refractivity contribution in [2.45, 2.75) is 59.9 Å². The fourth-order valence-electron chi connectivity index (χ4n) is 2.92. The van der Waals surface area contributed by atoms with E-state index in [1.54, 1.807) is 0 Å². The molecule has 1 aromatic rings. The van der Waals surface area contributed by atoms with Gasteiger partial charge in [-0.05, 0) is 76.0 Å². The molecule has 0 aliphatic rings. The number of hydrogen-bond acceptors (Lipinski definition) is 2. The Morgan fingerprint density at radius 3 is 2.19 bits per heavy atom. The van der Waals surface area contributed by atoms with Crippen LogP contribution in [0.15, 0.2) is 18.2 Å². The van der Waals surface area contributed by atoms with Crippen LogP contribution in [0.3, 0.4) is 0 Å². The summed E-state index contributed by atoms with van der Waals surface area (Å²) in [4.78, 5) is 2.52. The number of rotatable bonds is 10. The molecule has 0 saturated carbocycles. The zero-order valence-corrected chi connectivity index (χ0v) is 14.7. The first kappa shape index (κ1) is 18.2. The molecule has 21 heavy (non-hydrogen) atoms. The molecule has 0 heterocycles. The summed E-state index contributed by atoms with van der Waals surface area (Å²) in [5.41, 5.74) is 4.40. The van der Waals surface area contributed by atoms with E-state index in [1.807, 2.05) is 0 Å². The van der Waals surface area contributed by atoms with Crippen molar-refractivity contribution < 1.29 is 0 Å². The second kappa shape index (κ2) is 9.97. The van der Waals surface area contributed by atoms with Crippen LogP contribution in [0, 0.1) is 13.8 Å². The van der Waals surface area contributed by atoms with E-state index in [-0.39, 0.29) is 0 Å². The summed E-state index contributed by atoms with van der Waals surface area (Å²) < 4.78 is 0. The molecule has 0 spiro atoms. The maximum Gasteiger partial charge on any atom is 0.0120 e. The minimum Gasteiger partial charge on any atom is -0.314 e. The molecule has 1 N–H and O–H groups in total. The van der Waals surface area contributed by atoms with Gasteiger partial charge in [0.1, 0.15) is 0 Å². The van der Waals surface area contributed by atoms with Crippen molar-refractivity contribution in [2.24, 2.45) is 0 Å². The molecule has 0 radical (unpaired) electrons. The highest BCUT2D eigenvalue weighted by Gasteiger charge is 2.13. The second-order valence-corrected chi connectivity index (χ2v) is 6.04. The van der Waals surface area contributed by atoms with Crippen LogP contribution in [0.5, 0.6) is 0 Å². The summed E-state index contributed by atoms with van der Waals surface area (Å²) in [6.07, 6.45) is 3.59. The first-order valence-electron chi connectivity index (χ1n) is 8.63. The molecule has 0 saturated heterocycles. The fourth-order valence-corrected chi connectivity index (χ4v) is 2.92. The predicted octanol–water partition coefficient (Wildman–Crippen LogP) is 3.95. The van der Waals surface area contributed by atoms with Crippen molar-refractivity contribution in [3.63, 3.8) is 0 Å². The molecule has 1 atom stereocenters. The first-order valence-corrected chi connectivity index (χ1v) is 8.63. The SMILES string of the molecule is CCCNC(CCN(CC)CC)Cc1c(C)cccc1C. The van der Waals surface area contributed by atoms with Crippen molar-refractivity contribution in [1.82, 2.24) is 10.2 Å². The van der Waals surface area contributed by atoms with Gasteiger partial charge in [-0.3, -0.25) is 0 Å². The van der Waals surface area contributed by atoms with Gasteiger partial charge in [-0.25, -0.2) is 0 Å². The van der Waals surface area contributed by atoms with E-state index < -0.39 is 0 Å². The fraction of sp³-hybridized carbons (Fsp3) is 0.684. The number of benzene rings is 1. The van der Waals surface area contributed by atoms with Gasteiger partial charge >= 0.3 is 0 Å². The Hall–Kier alpha value is -0.860. The maximum atomic E-state index is 3.75. The van der Waals surface area contributed by atoms with Crippen LogP contribution in [-0.4, -0.2) is 37.1 Å². The molecule has 0 bridgehead atoms. The van der Waals surface area contributed by atoms with Gasteiger partial charge in [-0.2, -0.15) is 0 Å². The third kappa shape index (κ3) is 6.19. The van der Waals surface area contributed by atoms with Crippen molar-refractivity contribution >= 4 is 0 Å². The molecule has 1 unspecified atom stereocenters. The maximum absolute atomic E-state index is 3.75. The average molecular weight is 290 g/mol. The lowest BCUT2D eigenvalue weighted by atomic mass is 9.95. The van der Waals surface area contributed by atoms with Gasteiger partial charge in [-0.1, -0.05) is 39.0 Å². The van der Waals surface area contributed by atoms with Crippen LogP contribution in [0.1, 0.15) is 50.3 Å². The largest absolute Gasteiger partial charge is 0.314 e. The lowest BCUT2D eigenvalue weighted by Gasteiger charge is -2.25. The van der Waals surface area contributed by atoms with E-state index in [0.29, 0.717) is 6.04 Å².